The maximum absolute atomic E-state index is 14.0. The molecule has 0 saturated heterocycles. The lowest BCUT2D eigenvalue weighted by atomic mass is 9.94. The minimum atomic E-state index is -0.387. The van der Waals surface area contributed by atoms with Crippen molar-refractivity contribution in [2.45, 2.75) is 19.9 Å². The van der Waals surface area contributed by atoms with Crippen molar-refractivity contribution >= 4 is 40.2 Å². The Morgan fingerprint density at radius 1 is 1.03 bits per heavy atom. The molecule has 1 N–H and O–H groups in total. The summed E-state index contributed by atoms with van der Waals surface area (Å²) in [5.41, 5.74) is 4.91. The van der Waals surface area contributed by atoms with Gasteiger partial charge in [0, 0.05) is 16.3 Å². The van der Waals surface area contributed by atoms with E-state index >= 15 is 0 Å². The second kappa shape index (κ2) is 9.00. The Morgan fingerprint density at radius 3 is 2.59 bits per heavy atom. The molecule has 34 heavy (non-hydrogen) atoms. The lowest BCUT2D eigenvalue weighted by Crippen LogP contribution is -2.46. The fraction of sp³-hybridized carbons (Fsp3) is 0.115. The zero-order chi connectivity index (χ0) is 23.8. The molecule has 0 amide bonds. The van der Waals surface area contributed by atoms with Crippen LogP contribution in [0.5, 0.6) is 0 Å². The highest BCUT2D eigenvalue weighted by atomic mass is 35.5. The van der Waals surface area contributed by atoms with Gasteiger partial charge in [0.1, 0.15) is 5.82 Å². The first-order valence-electron chi connectivity index (χ1n) is 10.6. The van der Waals surface area contributed by atoms with Crippen LogP contribution in [-0.4, -0.2) is 15.3 Å². The first-order valence-corrected chi connectivity index (χ1v) is 11.4. The number of aromatic nitrogens is 2. The van der Waals surface area contributed by atoms with Crippen LogP contribution in [0, 0.1) is 12.7 Å². The topological polar surface area (TPSA) is 54.2 Å². The van der Waals surface area contributed by atoms with Crippen LogP contribution in [-0.2, 0) is 0 Å². The maximum Gasteiger partial charge on any atom is 0.258 e. The molecule has 5 nitrogen and oxygen atoms in total. The average Bonchev–Trinajstić information content (AvgIpc) is 3.28. The second-order valence-electron chi connectivity index (χ2n) is 8.04. The largest absolute Gasteiger partial charge is 0.351 e. The van der Waals surface area contributed by atoms with Crippen LogP contribution in [0.4, 0.5) is 10.1 Å². The van der Waals surface area contributed by atoms with Crippen LogP contribution < -0.4 is 10.2 Å². The van der Waals surface area contributed by atoms with E-state index in [0.29, 0.717) is 27.5 Å². The monoisotopic (exact) mass is 490 g/mol. The predicted octanol–water partition coefficient (Wildman–Crippen LogP) is 6.70. The summed E-state index contributed by atoms with van der Waals surface area (Å²) in [5.74, 6) is 0.468. The molecule has 1 aliphatic heterocycles. The fourth-order valence-electron chi connectivity index (χ4n) is 4.12. The van der Waals surface area contributed by atoms with Gasteiger partial charge < -0.3 is 9.84 Å². The number of nitrogens with zero attached hydrogens (tertiary/aromatic N) is 3. The number of hydrogen-bond acceptors (Lipinski definition) is 4. The number of hydrogen-bond donors (Lipinski definition) is 1. The second-order valence-corrected chi connectivity index (χ2v) is 8.87. The zero-order valence-corrected chi connectivity index (χ0v) is 20.0. The van der Waals surface area contributed by atoms with Crippen LogP contribution in [0.1, 0.15) is 30.0 Å². The van der Waals surface area contributed by atoms with Gasteiger partial charge in [-0.05, 0) is 68.0 Å². The van der Waals surface area contributed by atoms with Crippen molar-refractivity contribution in [2.24, 2.45) is 0 Å². The number of thiocarbonyl (C=S) groups is 1. The Morgan fingerprint density at radius 2 is 1.82 bits per heavy atom. The van der Waals surface area contributed by atoms with Crippen LogP contribution in [0.15, 0.2) is 83.0 Å². The highest BCUT2D eigenvalue weighted by Crippen LogP contribution is 2.39. The van der Waals surface area contributed by atoms with Gasteiger partial charge in [-0.1, -0.05) is 58.7 Å². The Labute approximate surface area is 206 Å². The third-order valence-electron chi connectivity index (χ3n) is 5.67. The number of nitrogens with one attached hydrogen (secondary N) is 1. The van der Waals surface area contributed by atoms with Crippen molar-refractivity contribution in [3.05, 3.63) is 106 Å². The van der Waals surface area contributed by atoms with Gasteiger partial charge in [-0.25, -0.2) is 4.39 Å². The summed E-state index contributed by atoms with van der Waals surface area (Å²) >= 11 is 12.0. The Kier molecular flexibility index (Phi) is 5.89. The van der Waals surface area contributed by atoms with Crippen molar-refractivity contribution in [3.63, 3.8) is 0 Å². The molecule has 1 aliphatic rings. The van der Waals surface area contributed by atoms with Crippen LogP contribution in [0.2, 0.25) is 5.02 Å². The molecule has 1 unspecified atom stereocenters. The van der Waals surface area contributed by atoms with Crippen molar-refractivity contribution in [1.82, 2.24) is 15.5 Å². The Balaban J connectivity index is 1.67. The number of allylic oxidation sites excluding steroid dienone is 1. The summed E-state index contributed by atoms with van der Waals surface area (Å²) in [6.07, 6.45) is 0. The lowest BCUT2D eigenvalue weighted by molar-refractivity contribution is 0.404. The van der Waals surface area contributed by atoms with Crippen molar-refractivity contribution in [2.75, 3.05) is 4.90 Å². The molecule has 2 heterocycles. The first kappa shape index (κ1) is 22.3. The molecule has 8 heteroatoms. The number of aryl methyl sites for hydroxylation is 1. The number of benzene rings is 3. The van der Waals surface area contributed by atoms with Crippen LogP contribution >= 0.6 is 23.8 Å². The Bertz CT molecular complexity index is 1430. The molecule has 4 aromatic rings. The van der Waals surface area contributed by atoms with E-state index in [1.54, 1.807) is 17.0 Å². The van der Waals surface area contributed by atoms with Crippen molar-refractivity contribution in [3.8, 4) is 11.4 Å². The summed E-state index contributed by atoms with van der Waals surface area (Å²) in [4.78, 5) is 6.48. The third kappa shape index (κ3) is 4.20. The van der Waals surface area contributed by atoms with Gasteiger partial charge in [-0.3, -0.25) is 4.90 Å². The number of halogens is 2. The van der Waals surface area contributed by atoms with Gasteiger partial charge in [0.15, 0.2) is 5.11 Å². The molecular weight excluding hydrogens is 471 g/mol. The number of rotatable bonds is 4. The highest BCUT2D eigenvalue weighted by Gasteiger charge is 2.35. The van der Waals surface area contributed by atoms with Gasteiger partial charge in [-0.15, -0.1) is 0 Å². The SMILES string of the molecule is CC1=C(c2nc(-c3cccc(C)c3)no2)C(c2cccc(Cl)c2)NC(=S)N1c1cccc(F)c1. The predicted molar refractivity (Wildman–Crippen MR) is 136 cm³/mol. The molecule has 1 atom stereocenters. The Hall–Kier alpha value is -3.55. The lowest BCUT2D eigenvalue weighted by Gasteiger charge is -2.37. The minimum Gasteiger partial charge on any atom is -0.351 e. The summed E-state index contributed by atoms with van der Waals surface area (Å²) in [6.45, 7) is 3.91. The van der Waals surface area contributed by atoms with E-state index in [2.05, 4.69) is 10.5 Å². The van der Waals surface area contributed by atoms with Crippen LogP contribution in [0.3, 0.4) is 0 Å². The van der Waals surface area contributed by atoms with Crippen molar-refractivity contribution in [1.29, 1.82) is 0 Å². The first-order chi connectivity index (χ1) is 16.4. The smallest absolute Gasteiger partial charge is 0.258 e. The van der Waals surface area contributed by atoms with E-state index in [9.17, 15) is 4.39 Å². The van der Waals surface area contributed by atoms with E-state index in [0.717, 1.165) is 28.0 Å². The number of anilines is 1. The van der Waals surface area contributed by atoms with Gasteiger partial charge in [0.25, 0.3) is 5.89 Å². The molecule has 0 radical (unpaired) electrons. The van der Waals surface area contributed by atoms with E-state index in [4.69, 9.17) is 33.3 Å². The quantitative estimate of drug-likeness (QED) is 0.321. The van der Waals surface area contributed by atoms with E-state index in [1.165, 1.54) is 12.1 Å². The summed E-state index contributed by atoms with van der Waals surface area (Å²) < 4.78 is 19.8. The van der Waals surface area contributed by atoms with E-state index in [1.807, 2.05) is 62.4 Å². The summed E-state index contributed by atoms with van der Waals surface area (Å²) in [6, 6.07) is 21.3. The maximum atomic E-state index is 14.0. The normalized spacial score (nSPS) is 16.1. The van der Waals surface area contributed by atoms with Gasteiger partial charge in [0.05, 0.1) is 17.3 Å². The average molecular weight is 491 g/mol. The zero-order valence-electron chi connectivity index (χ0n) is 18.4. The van der Waals surface area contributed by atoms with Crippen LogP contribution in [0.25, 0.3) is 17.0 Å². The van der Waals surface area contributed by atoms with E-state index < -0.39 is 0 Å². The van der Waals surface area contributed by atoms with Gasteiger partial charge in [0.2, 0.25) is 5.82 Å². The molecule has 0 bridgehead atoms. The highest BCUT2D eigenvalue weighted by molar-refractivity contribution is 7.80. The van der Waals surface area contributed by atoms with E-state index in [-0.39, 0.29) is 11.9 Å². The molecule has 0 fully saturated rings. The molecule has 0 aliphatic carbocycles. The molecule has 0 spiro atoms. The van der Waals surface area contributed by atoms with Crippen molar-refractivity contribution < 1.29 is 8.91 Å². The van der Waals surface area contributed by atoms with Gasteiger partial charge in [-0.2, -0.15) is 4.98 Å². The standard InChI is InChI=1S/C26H20ClFN4OS/c1-15-6-3-8-18(12-15)24-30-25(33-31-24)22-16(2)32(21-11-5-10-20(28)14-21)26(34)29-23(22)17-7-4-9-19(27)13-17/h3-14,23H,1-2H3,(H,29,34). The molecule has 0 saturated carbocycles. The molecule has 1 aromatic heterocycles. The molecule has 3 aromatic carbocycles. The molecular formula is C26H20ClFN4OS. The third-order valence-corrected chi connectivity index (χ3v) is 6.20. The minimum absolute atomic E-state index is 0.343. The van der Waals surface area contributed by atoms with Gasteiger partial charge >= 0.3 is 0 Å². The fourth-order valence-corrected chi connectivity index (χ4v) is 4.68. The summed E-state index contributed by atoms with van der Waals surface area (Å²) in [5, 5.41) is 8.61. The molecule has 170 valence electrons. The molecule has 5 rings (SSSR count). The summed E-state index contributed by atoms with van der Waals surface area (Å²) in [7, 11) is 0.